The largest absolute Gasteiger partial charge is 0.478 e. The van der Waals surface area contributed by atoms with Gasteiger partial charge in [0.1, 0.15) is 0 Å². The van der Waals surface area contributed by atoms with Crippen molar-refractivity contribution in [1.29, 1.82) is 0 Å². The summed E-state index contributed by atoms with van der Waals surface area (Å²) < 4.78 is 0. The van der Waals surface area contributed by atoms with Crippen LogP contribution < -0.4 is 9.91 Å². The minimum atomic E-state index is -1.19. The summed E-state index contributed by atoms with van der Waals surface area (Å²) in [6.45, 7) is 0. The van der Waals surface area contributed by atoms with Crippen molar-refractivity contribution in [3.05, 3.63) is 95.1 Å². The van der Waals surface area contributed by atoms with E-state index in [1.807, 2.05) is 73.6 Å². The Kier molecular flexibility index (Phi) is 5.64. The molecule has 1 aliphatic heterocycles. The van der Waals surface area contributed by atoms with Crippen LogP contribution in [0.1, 0.15) is 44.3 Å². The smallest absolute Gasteiger partial charge is 0.335 e. The van der Waals surface area contributed by atoms with Crippen molar-refractivity contribution in [3.8, 4) is 0 Å². The predicted octanol–water partition coefficient (Wildman–Crippen LogP) is 4.50. The topological polar surface area (TPSA) is 93.4 Å². The van der Waals surface area contributed by atoms with Crippen LogP contribution >= 0.6 is 0 Å². The SMILES string of the molecule is CN(C)c1ccc([C@H]2CC(c3ccccc3)=NN2c2cc(C(=O)O)cc(C(=O)O)c2)cc1. The van der Waals surface area contributed by atoms with E-state index in [1.54, 1.807) is 5.01 Å². The van der Waals surface area contributed by atoms with Gasteiger partial charge in [0.05, 0.1) is 28.6 Å². The molecule has 0 bridgehead atoms. The normalized spacial score (nSPS) is 15.4. The number of aromatic carboxylic acids is 2. The van der Waals surface area contributed by atoms with Crippen molar-refractivity contribution < 1.29 is 19.8 Å². The fourth-order valence-corrected chi connectivity index (χ4v) is 3.80. The van der Waals surface area contributed by atoms with Gasteiger partial charge in [-0.3, -0.25) is 5.01 Å². The fourth-order valence-electron chi connectivity index (χ4n) is 3.80. The first-order chi connectivity index (χ1) is 15.3. The van der Waals surface area contributed by atoms with Crippen molar-refractivity contribution in [2.45, 2.75) is 12.5 Å². The third-order valence-electron chi connectivity index (χ3n) is 5.49. The molecule has 0 aliphatic carbocycles. The number of rotatable bonds is 6. The van der Waals surface area contributed by atoms with E-state index < -0.39 is 11.9 Å². The summed E-state index contributed by atoms with van der Waals surface area (Å²) in [7, 11) is 3.94. The molecule has 4 rings (SSSR count). The summed E-state index contributed by atoms with van der Waals surface area (Å²) >= 11 is 0. The number of carbonyl (C=O) groups is 2. The quantitative estimate of drug-likeness (QED) is 0.599. The molecule has 0 fully saturated rings. The van der Waals surface area contributed by atoms with E-state index in [4.69, 9.17) is 5.10 Å². The molecule has 162 valence electrons. The number of hydrogen-bond acceptors (Lipinski definition) is 5. The highest BCUT2D eigenvalue weighted by Crippen LogP contribution is 2.38. The van der Waals surface area contributed by atoms with Gasteiger partial charge in [-0.1, -0.05) is 42.5 Å². The Morgan fingerprint density at radius 1 is 0.906 bits per heavy atom. The molecule has 0 saturated carbocycles. The molecule has 0 radical (unpaired) electrons. The molecule has 2 N–H and O–H groups in total. The van der Waals surface area contributed by atoms with Crippen LogP contribution in [0, 0.1) is 0 Å². The Morgan fingerprint density at radius 3 is 2.03 bits per heavy atom. The zero-order valence-corrected chi connectivity index (χ0v) is 17.8. The van der Waals surface area contributed by atoms with Crippen LogP contribution in [0.5, 0.6) is 0 Å². The first kappa shape index (κ1) is 21.1. The van der Waals surface area contributed by atoms with E-state index in [1.165, 1.54) is 12.1 Å². The highest BCUT2D eigenvalue weighted by molar-refractivity contribution is 6.03. The number of hydrogen-bond donors (Lipinski definition) is 2. The maximum atomic E-state index is 11.6. The van der Waals surface area contributed by atoms with Gasteiger partial charge < -0.3 is 15.1 Å². The first-order valence-electron chi connectivity index (χ1n) is 10.1. The molecular formula is C25H23N3O4. The molecule has 0 aromatic heterocycles. The number of hydrazone groups is 1. The molecular weight excluding hydrogens is 406 g/mol. The van der Waals surface area contributed by atoms with E-state index in [0.29, 0.717) is 12.1 Å². The monoisotopic (exact) mass is 429 g/mol. The molecule has 1 heterocycles. The Balaban J connectivity index is 1.82. The maximum absolute atomic E-state index is 11.6. The number of benzene rings is 3. The van der Waals surface area contributed by atoms with Gasteiger partial charge in [0.15, 0.2) is 0 Å². The van der Waals surface area contributed by atoms with E-state index in [0.717, 1.165) is 28.6 Å². The third kappa shape index (κ3) is 4.18. The van der Waals surface area contributed by atoms with Gasteiger partial charge in [0, 0.05) is 26.2 Å². The van der Waals surface area contributed by atoms with E-state index in [-0.39, 0.29) is 17.2 Å². The van der Waals surface area contributed by atoms with Gasteiger partial charge in [-0.25, -0.2) is 9.59 Å². The lowest BCUT2D eigenvalue weighted by molar-refractivity contribution is 0.0696. The summed E-state index contributed by atoms with van der Waals surface area (Å²) in [5.41, 5.74) is 4.12. The molecule has 0 unspecified atom stereocenters. The third-order valence-corrected chi connectivity index (χ3v) is 5.49. The molecule has 3 aromatic carbocycles. The highest BCUT2D eigenvalue weighted by atomic mass is 16.4. The van der Waals surface area contributed by atoms with Crippen molar-refractivity contribution in [3.63, 3.8) is 0 Å². The molecule has 7 heteroatoms. The van der Waals surface area contributed by atoms with Gasteiger partial charge in [0.25, 0.3) is 0 Å². The average molecular weight is 429 g/mol. The van der Waals surface area contributed by atoms with Crippen LogP contribution in [0.3, 0.4) is 0 Å². The standard InChI is InChI=1S/C25H23N3O4/c1-27(2)20-10-8-17(9-11-20)23-15-22(16-6-4-3-5-7-16)26-28(23)21-13-18(24(29)30)12-19(14-21)25(31)32/h3-14,23H,15H2,1-2H3,(H,29,30)(H,31,32)/t23-/m1/s1. The van der Waals surface area contributed by atoms with Crippen LogP contribution in [0.2, 0.25) is 0 Å². The lowest BCUT2D eigenvalue weighted by Crippen LogP contribution is -2.20. The predicted molar refractivity (Wildman–Crippen MR) is 124 cm³/mol. The zero-order chi connectivity index (χ0) is 22.8. The summed E-state index contributed by atoms with van der Waals surface area (Å²) in [6.07, 6.45) is 0.602. The van der Waals surface area contributed by atoms with Gasteiger partial charge in [-0.2, -0.15) is 5.10 Å². The second-order valence-electron chi connectivity index (χ2n) is 7.84. The van der Waals surface area contributed by atoms with E-state index in [2.05, 4.69) is 0 Å². The van der Waals surface area contributed by atoms with Crippen LogP contribution in [0.15, 0.2) is 77.9 Å². The minimum absolute atomic E-state index is 0.0926. The van der Waals surface area contributed by atoms with Gasteiger partial charge in [0.2, 0.25) is 0 Å². The minimum Gasteiger partial charge on any atom is -0.478 e. The van der Waals surface area contributed by atoms with Crippen LogP contribution in [-0.4, -0.2) is 42.0 Å². The summed E-state index contributed by atoms with van der Waals surface area (Å²) in [6, 6.07) is 21.7. The average Bonchev–Trinajstić information content (AvgIpc) is 3.25. The Hall–Kier alpha value is -4.13. The first-order valence-corrected chi connectivity index (χ1v) is 10.1. The van der Waals surface area contributed by atoms with Crippen LogP contribution in [-0.2, 0) is 0 Å². The molecule has 0 saturated heterocycles. The molecule has 1 atom stereocenters. The fraction of sp³-hybridized carbons (Fsp3) is 0.160. The molecule has 0 spiro atoms. The number of anilines is 2. The molecule has 1 aliphatic rings. The van der Waals surface area contributed by atoms with Gasteiger partial charge in [-0.05, 0) is 41.5 Å². The van der Waals surface area contributed by atoms with E-state index >= 15 is 0 Å². The second kappa shape index (κ2) is 8.55. The highest BCUT2D eigenvalue weighted by Gasteiger charge is 2.31. The Bertz CT molecular complexity index is 1160. The Labute approximate surface area is 185 Å². The van der Waals surface area contributed by atoms with Crippen molar-refractivity contribution in [2.24, 2.45) is 5.10 Å². The van der Waals surface area contributed by atoms with Gasteiger partial charge >= 0.3 is 11.9 Å². The number of nitrogens with zero attached hydrogens (tertiary/aromatic N) is 3. The molecule has 32 heavy (non-hydrogen) atoms. The number of carboxylic acid groups (broad SMARTS) is 2. The van der Waals surface area contributed by atoms with Crippen LogP contribution in [0.4, 0.5) is 11.4 Å². The van der Waals surface area contributed by atoms with E-state index in [9.17, 15) is 19.8 Å². The molecule has 7 nitrogen and oxygen atoms in total. The van der Waals surface area contributed by atoms with Crippen molar-refractivity contribution >= 4 is 29.0 Å². The zero-order valence-electron chi connectivity index (χ0n) is 17.8. The number of carboxylic acids is 2. The summed E-state index contributed by atoms with van der Waals surface area (Å²) in [4.78, 5) is 25.3. The molecule has 3 aromatic rings. The van der Waals surface area contributed by atoms with Crippen molar-refractivity contribution in [1.82, 2.24) is 0 Å². The van der Waals surface area contributed by atoms with Crippen LogP contribution in [0.25, 0.3) is 0 Å². The summed E-state index contributed by atoms with van der Waals surface area (Å²) in [5.74, 6) is -2.37. The lowest BCUT2D eigenvalue weighted by atomic mass is 9.97. The summed E-state index contributed by atoms with van der Waals surface area (Å²) in [5, 5.41) is 25.5. The van der Waals surface area contributed by atoms with Crippen molar-refractivity contribution in [2.75, 3.05) is 24.0 Å². The lowest BCUT2D eigenvalue weighted by Gasteiger charge is -2.25. The Morgan fingerprint density at radius 2 is 1.50 bits per heavy atom. The molecule has 0 amide bonds. The van der Waals surface area contributed by atoms with Gasteiger partial charge in [-0.15, -0.1) is 0 Å². The maximum Gasteiger partial charge on any atom is 0.335 e. The second-order valence-corrected chi connectivity index (χ2v) is 7.84.